The molecule has 1 aromatic heterocycles. The first-order valence-corrected chi connectivity index (χ1v) is 13.5. The van der Waals surface area contributed by atoms with Crippen molar-refractivity contribution in [3.8, 4) is 11.8 Å². The first-order valence-electron chi connectivity index (χ1n) is 13.5. The number of likely N-dealkylation sites (tertiary alicyclic amines) is 1. The molecule has 0 bridgehead atoms. The van der Waals surface area contributed by atoms with Gasteiger partial charge in [-0.3, -0.25) is 9.59 Å². The lowest BCUT2D eigenvalue weighted by Gasteiger charge is -2.32. The Kier molecular flexibility index (Phi) is 8.27. The minimum Gasteiger partial charge on any atom is -0.341 e. The van der Waals surface area contributed by atoms with Gasteiger partial charge in [-0.25, -0.2) is 9.07 Å². The van der Waals surface area contributed by atoms with Crippen LogP contribution in [0.5, 0.6) is 0 Å². The van der Waals surface area contributed by atoms with Crippen molar-refractivity contribution in [3.05, 3.63) is 77.9 Å². The fourth-order valence-corrected chi connectivity index (χ4v) is 5.15. The molecule has 2 aromatic carbocycles. The number of amides is 2. The SMILES string of the molecule is N#CC1CCN(C(=O)[C@H](CCCN[C@@H]2C[C@H]2c2ccc(F)cc2)NC(=O)c2ccc(-n3ccnn3)cc2)CC1. The zero-order valence-corrected chi connectivity index (χ0v) is 21.7. The van der Waals surface area contributed by atoms with E-state index in [0.717, 1.165) is 17.7 Å². The van der Waals surface area contributed by atoms with Gasteiger partial charge in [-0.15, -0.1) is 5.10 Å². The Morgan fingerprint density at radius 2 is 1.85 bits per heavy atom. The van der Waals surface area contributed by atoms with Crippen LogP contribution < -0.4 is 10.6 Å². The molecule has 2 aliphatic rings. The molecule has 202 valence electrons. The van der Waals surface area contributed by atoms with Crippen molar-refractivity contribution >= 4 is 11.8 Å². The summed E-state index contributed by atoms with van der Waals surface area (Å²) >= 11 is 0. The summed E-state index contributed by atoms with van der Waals surface area (Å²) in [5.41, 5.74) is 2.37. The van der Waals surface area contributed by atoms with E-state index in [1.54, 1.807) is 46.2 Å². The van der Waals surface area contributed by atoms with Crippen molar-refractivity contribution in [2.45, 2.75) is 50.1 Å². The van der Waals surface area contributed by atoms with Gasteiger partial charge in [-0.05, 0) is 80.6 Å². The molecule has 0 unspecified atom stereocenters. The molecular formula is C29H32FN7O2. The first-order chi connectivity index (χ1) is 19.0. The Balaban J connectivity index is 1.17. The molecule has 10 heteroatoms. The molecule has 0 radical (unpaired) electrons. The third-order valence-corrected chi connectivity index (χ3v) is 7.57. The number of aromatic nitrogens is 3. The van der Waals surface area contributed by atoms with Gasteiger partial charge >= 0.3 is 0 Å². The quantitative estimate of drug-likeness (QED) is 0.390. The van der Waals surface area contributed by atoms with Gasteiger partial charge < -0.3 is 15.5 Å². The molecule has 39 heavy (non-hydrogen) atoms. The van der Waals surface area contributed by atoms with Crippen molar-refractivity contribution in [2.75, 3.05) is 19.6 Å². The second-order valence-electron chi connectivity index (χ2n) is 10.2. The molecule has 5 rings (SSSR count). The lowest BCUT2D eigenvalue weighted by Crippen LogP contribution is -2.50. The van der Waals surface area contributed by atoms with Crippen LogP contribution in [0.3, 0.4) is 0 Å². The van der Waals surface area contributed by atoms with Crippen molar-refractivity contribution in [2.24, 2.45) is 5.92 Å². The summed E-state index contributed by atoms with van der Waals surface area (Å²) in [6.45, 7) is 1.76. The van der Waals surface area contributed by atoms with Gasteiger partial charge in [0, 0.05) is 36.5 Å². The molecule has 2 N–H and O–H groups in total. The van der Waals surface area contributed by atoms with Gasteiger partial charge in [0.1, 0.15) is 11.9 Å². The topological polar surface area (TPSA) is 116 Å². The predicted octanol–water partition coefficient (Wildman–Crippen LogP) is 3.19. The van der Waals surface area contributed by atoms with Gasteiger partial charge in [-0.1, -0.05) is 17.3 Å². The number of rotatable bonds is 10. The monoisotopic (exact) mass is 529 g/mol. The smallest absolute Gasteiger partial charge is 0.251 e. The van der Waals surface area contributed by atoms with Crippen LogP contribution in [0.4, 0.5) is 4.39 Å². The van der Waals surface area contributed by atoms with Crippen LogP contribution in [0.15, 0.2) is 60.9 Å². The number of halogens is 1. The number of carbonyl (C=O) groups is 2. The number of piperidine rings is 1. The molecule has 2 fully saturated rings. The van der Waals surface area contributed by atoms with E-state index in [-0.39, 0.29) is 23.5 Å². The highest BCUT2D eigenvalue weighted by atomic mass is 19.1. The lowest BCUT2D eigenvalue weighted by atomic mass is 9.97. The fourth-order valence-electron chi connectivity index (χ4n) is 5.15. The zero-order chi connectivity index (χ0) is 27.2. The maximum Gasteiger partial charge on any atom is 0.251 e. The van der Waals surface area contributed by atoms with E-state index < -0.39 is 6.04 Å². The molecule has 1 saturated heterocycles. The summed E-state index contributed by atoms with van der Waals surface area (Å²) in [5.74, 6) is -0.289. The van der Waals surface area contributed by atoms with E-state index in [4.69, 9.17) is 0 Å². The van der Waals surface area contributed by atoms with Gasteiger partial charge in [-0.2, -0.15) is 5.26 Å². The molecule has 2 heterocycles. The third kappa shape index (κ3) is 6.67. The van der Waals surface area contributed by atoms with E-state index >= 15 is 0 Å². The summed E-state index contributed by atoms with van der Waals surface area (Å²) < 4.78 is 14.8. The highest BCUT2D eigenvalue weighted by Gasteiger charge is 2.37. The molecule has 1 aliphatic carbocycles. The Hall–Kier alpha value is -4.10. The summed E-state index contributed by atoms with van der Waals surface area (Å²) in [6, 6.07) is 15.6. The molecule has 0 spiro atoms. The lowest BCUT2D eigenvalue weighted by molar-refractivity contribution is -0.134. The maximum atomic E-state index is 13.4. The van der Waals surface area contributed by atoms with E-state index in [0.29, 0.717) is 62.8 Å². The van der Waals surface area contributed by atoms with E-state index in [9.17, 15) is 19.2 Å². The van der Waals surface area contributed by atoms with Gasteiger partial charge in [0.05, 0.1) is 24.2 Å². The zero-order valence-electron chi connectivity index (χ0n) is 21.7. The average Bonchev–Trinajstić information content (AvgIpc) is 3.53. The third-order valence-electron chi connectivity index (χ3n) is 7.57. The van der Waals surface area contributed by atoms with Crippen LogP contribution >= 0.6 is 0 Å². The van der Waals surface area contributed by atoms with Gasteiger partial charge in [0.15, 0.2) is 0 Å². The van der Waals surface area contributed by atoms with Gasteiger partial charge in [0.2, 0.25) is 5.91 Å². The first kappa shape index (κ1) is 26.5. The summed E-state index contributed by atoms with van der Waals surface area (Å²) in [7, 11) is 0. The van der Waals surface area contributed by atoms with Crippen LogP contribution in [0, 0.1) is 23.1 Å². The number of carbonyl (C=O) groups excluding carboxylic acids is 2. The molecular weight excluding hydrogens is 497 g/mol. The van der Waals surface area contributed by atoms with Crippen LogP contribution in [0.1, 0.15) is 53.9 Å². The van der Waals surface area contributed by atoms with Crippen molar-refractivity contribution < 1.29 is 14.0 Å². The maximum absolute atomic E-state index is 13.4. The largest absolute Gasteiger partial charge is 0.341 e. The van der Waals surface area contributed by atoms with Crippen molar-refractivity contribution in [1.82, 2.24) is 30.5 Å². The van der Waals surface area contributed by atoms with Crippen LogP contribution in [0.2, 0.25) is 0 Å². The van der Waals surface area contributed by atoms with E-state index in [2.05, 4.69) is 27.0 Å². The Bertz CT molecular complexity index is 1300. The van der Waals surface area contributed by atoms with E-state index in [1.807, 2.05) is 12.1 Å². The molecule has 3 aromatic rings. The number of benzene rings is 2. The second kappa shape index (κ2) is 12.2. The highest BCUT2D eigenvalue weighted by Crippen LogP contribution is 2.40. The molecule has 1 aliphatic heterocycles. The summed E-state index contributed by atoms with van der Waals surface area (Å²) in [6.07, 6.45) is 6.82. The Morgan fingerprint density at radius 1 is 1.10 bits per heavy atom. The summed E-state index contributed by atoms with van der Waals surface area (Å²) in [5, 5.41) is 23.4. The van der Waals surface area contributed by atoms with Crippen LogP contribution in [0.25, 0.3) is 5.69 Å². The Labute approximate surface area is 227 Å². The molecule has 9 nitrogen and oxygen atoms in total. The van der Waals surface area contributed by atoms with Crippen LogP contribution in [-0.2, 0) is 4.79 Å². The molecule has 1 saturated carbocycles. The second-order valence-corrected chi connectivity index (χ2v) is 10.2. The van der Waals surface area contributed by atoms with Crippen molar-refractivity contribution in [3.63, 3.8) is 0 Å². The number of hydrogen-bond acceptors (Lipinski definition) is 6. The minimum atomic E-state index is -0.653. The fraction of sp³-hybridized carbons (Fsp3) is 0.414. The number of nitrogens with zero attached hydrogens (tertiary/aromatic N) is 5. The van der Waals surface area contributed by atoms with Crippen molar-refractivity contribution in [1.29, 1.82) is 5.26 Å². The van der Waals surface area contributed by atoms with E-state index in [1.165, 1.54) is 12.1 Å². The standard InChI is InChI=1S/C29H32FN7O2/c30-23-7-3-21(4-8-23)25-18-27(25)32-13-1-2-26(29(39)36-15-11-20(19-31)12-16-36)34-28(38)22-5-9-24(10-6-22)37-17-14-33-35-37/h3-10,14,17,20,25-27,32H,1-2,11-13,15-16,18H2,(H,34,38)/t25-,26-,27+/m0/s1. The predicted molar refractivity (Wildman–Crippen MR) is 142 cm³/mol. The number of nitrogens with one attached hydrogen (secondary N) is 2. The number of nitriles is 1. The molecule has 3 atom stereocenters. The average molecular weight is 530 g/mol. The molecule has 2 amide bonds. The highest BCUT2D eigenvalue weighted by molar-refractivity contribution is 5.97. The Morgan fingerprint density at radius 3 is 2.51 bits per heavy atom. The number of hydrogen-bond donors (Lipinski definition) is 2. The van der Waals surface area contributed by atoms with Crippen LogP contribution in [-0.4, -0.2) is 63.4 Å². The normalized spacial score (nSPS) is 19.7. The van der Waals surface area contributed by atoms with Gasteiger partial charge in [0.25, 0.3) is 5.91 Å². The minimum absolute atomic E-state index is 0.0256. The summed E-state index contributed by atoms with van der Waals surface area (Å²) in [4.78, 5) is 28.3.